The Morgan fingerprint density at radius 1 is 1.26 bits per heavy atom. The molecule has 2 rings (SSSR count). The van der Waals surface area contributed by atoms with Gasteiger partial charge in [0.1, 0.15) is 0 Å². The van der Waals surface area contributed by atoms with Crippen LogP contribution in [0.15, 0.2) is 24.4 Å². The van der Waals surface area contributed by atoms with Gasteiger partial charge in [-0.15, -0.1) is 5.10 Å². The number of aryl methyl sites for hydroxylation is 1. The van der Waals surface area contributed by atoms with Crippen LogP contribution < -0.4 is 10.2 Å². The molecule has 0 aliphatic rings. The molecule has 0 aliphatic heterocycles. The molecule has 0 aliphatic carbocycles. The van der Waals surface area contributed by atoms with E-state index in [2.05, 4.69) is 71.3 Å². The van der Waals surface area contributed by atoms with Crippen molar-refractivity contribution in [2.75, 3.05) is 23.8 Å². The number of hydrogen-bond donors (Lipinski definition) is 1. The van der Waals surface area contributed by atoms with Crippen LogP contribution in [0.5, 0.6) is 0 Å². The molecule has 1 aromatic heterocycles. The van der Waals surface area contributed by atoms with Gasteiger partial charge in [-0.25, -0.2) is 0 Å². The second kappa shape index (κ2) is 7.90. The summed E-state index contributed by atoms with van der Waals surface area (Å²) in [6, 6.07) is 6.33. The maximum atomic E-state index is 4.60. The van der Waals surface area contributed by atoms with Gasteiger partial charge in [0.25, 0.3) is 0 Å². The zero-order valence-electron chi connectivity index (χ0n) is 14.8. The molecule has 0 saturated carbocycles. The summed E-state index contributed by atoms with van der Waals surface area (Å²) in [7, 11) is 2.04. The van der Waals surface area contributed by atoms with Gasteiger partial charge >= 0.3 is 0 Å². The molecule has 1 heterocycles. The molecule has 0 atom stereocenters. The summed E-state index contributed by atoms with van der Waals surface area (Å²) in [6.07, 6.45) is 4.01. The first-order valence-electron chi connectivity index (χ1n) is 8.30. The Balaban J connectivity index is 2.24. The number of unbranched alkanes of at least 4 members (excludes halogenated alkanes) is 1. The fourth-order valence-corrected chi connectivity index (χ4v) is 2.50. The molecule has 5 heteroatoms. The quantitative estimate of drug-likeness (QED) is 0.826. The number of hydrogen-bond acceptors (Lipinski definition) is 5. The van der Waals surface area contributed by atoms with Gasteiger partial charge in [0.2, 0.25) is 5.95 Å². The SMILES string of the molecule is CCCCN(C)c1cnnc(Nc2c(C)cccc2C(C)C)n1. The largest absolute Gasteiger partial charge is 0.358 e. The molecule has 0 saturated heterocycles. The molecule has 5 nitrogen and oxygen atoms in total. The number of nitrogens with zero attached hydrogens (tertiary/aromatic N) is 4. The van der Waals surface area contributed by atoms with Crippen molar-refractivity contribution in [3.63, 3.8) is 0 Å². The molecule has 1 aromatic carbocycles. The summed E-state index contributed by atoms with van der Waals surface area (Å²) in [5.74, 6) is 1.82. The van der Waals surface area contributed by atoms with Gasteiger partial charge in [-0.1, -0.05) is 45.4 Å². The Kier molecular flexibility index (Phi) is 5.90. The zero-order chi connectivity index (χ0) is 16.8. The van der Waals surface area contributed by atoms with Gasteiger partial charge in [0.05, 0.1) is 6.20 Å². The first-order valence-corrected chi connectivity index (χ1v) is 8.30. The molecule has 0 unspecified atom stereocenters. The van der Waals surface area contributed by atoms with E-state index in [-0.39, 0.29) is 0 Å². The van der Waals surface area contributed by atoms with E-state index in [9.17, 15) is 0 Å². The summed E-state index contributed by atoms with van der Waals surface area (Å²) in [6.45, 7) is 9.63. The molecule has 0 radical (unpaired) electrons. The maximum Gasteiger partial charge on any atom is 0.249 e. The van der Waals surface area contributed by atoms with Crippen molar-refractivity contribution < 1.29 is 0 Å². The Bertz CT molecular complexity index is 639. The molecule has 23 heavy (non-hydrogen) atoms. The highest BCUT2D eigenvalue weighted by atomic mass is 15.3. The lowest BCUT2D eigenvalue weighted by Crippen LogP contribution is -2.20. The van der Waals surface area contributed by atoms with Crippen LogP contribution in [0, 0.1) is 6.92 Å². The van der Waals surface area contributed by atoms with E-state index in [0.717, 1.165) is 30.9 Å². The van der Waals surface area contributed by atoms with Gasteiger partial charge in [-0.05, 0) is 30.4 Å². The van der Waals surface area contributed by atoms with Gasteiger partial charge in [-0.3, -0.25) is 0 Å². The lowest BCUT2D eigenvalue weighted by atomic mass is 9.98. The minimum Gasteiger partial charge on any atom is -0.358 e. The lowest BCUT2D eigenvalue weighted by molar-refractivity contribution is 0.754. The van der Waals surface area contributed by atoms with Crippen LogP contribution in [0.2, 0.25) is 0 Å². The maximum absolute atomic E-state index is 4.60. The van der Waals surface area contributed by atoms with Crippen LogP contribution in [0.4, 0.5) is 17.5 Å². The molecule has 2 aromatic rings. The van der Waals surface area contributed by atoms with Crippen molar-refractivity contribution >= 4 is 17.5 Å². The molecule has 124 valence electrons. The van der Waals surface area contributed by atoms with E-state index in [1.807, 2.05) is 7.05 Å². The average Bonchev–Trinajstić information content (AvgIpc) is 2.54. The lowest BCUT2D eigenvalue weighted by Gasteiger charge is -2.19. The zero-order valence-corrected chi connectivity index (χ0v) is 14.8. The first-order chi connectivity index (χ1) is 11.0. The van der Waals surface area contributed by atoms with Gasteiger partial charge in [0.15, 0.2) is 5.82 Å². The summed E-state index contributed by atoms with van der Waals surface area (Å²) < 4.78 is 0. The first kappa shape index (κ1) is 17.2. The van der Waals surface area contributed by atoms with Crippen molar-refractivity contribution in [3.8, 4) is 0 Å². The fourth-order valence-electron chi connectivity index (χ4n) is 2.50. The minimum absolute atomic E-state index is 0.431. The summed E-state index contributed by atoms with van der Waals surface area (Å²) in [5.41, 5.74) is 3.53. The molecular weight excluding hydrogens is 286 g/mol. The molecule has 0 fully saturated rings. The third-order valence-electron chi connectivity index (χ3n) is 3.95. The number of aromatic nitrogens is 3. The van der Waals surface area contributed by atoms with Crippen LogP contribution in [-0.4, -0.2) is 28.8 Å². The Hall–Kier alpha value is -2.17. The average molecular weight is 313 g/mol. The smallest absolute Gasteiger partial charge is 0.249 e. The Labute approximate surface area is 139 Å². The van der Waals surface area contributed by atoms with E-state index >= 15 is 0 Å². The van der Waals surface area contributed by atoms with Crippen LogP contribution in [-0.2, 0) is 0 Å². The predicted octanol–water partition coefficient (Wildman–Crippen LogP) is 4.28. The topological polar surface area (TPSA) is 53.9 Å². The summed E-state index contributed by atoms with van der Waals surface area (Å²) in [4.78, 5) is 6.72. The highest BCUT2D eigenvalue weighted by molar-refractivity contribution is 5.64. The van der Waals surface area contributed by atoms with E-state index < -0.39 is 0 Å². The Morgan fingerprint density at radius 2 is 2.04 bits per heavy atom. The van der Waals surface area contributed by atoms with E-state index in [1.165, 1.54) is 11.1 Å². The third kappa shape index (κ3) is 4.41. The number of nitrogens with one attached hydrogen (secondary N) is 1. The number of anilines is 3. The van der Waals surface area contributed by atoms with Gasteiger partial charge in [0, 0.05) is 19.3 Å². The Morgan fingerprint density at radius 3 is 2.74 bits per heavy atom. The number of benzene rings is 1. The normalized spacial score (nSPS) is 10.9. The third-order valence-corrected chi connectivity index (χ3v) is 3.95. The summed E-state index contributed by atoms with van der Waals surface area (Å²) >= 11 is 0. The van der Waals surface area contributed by atoms with E-state index in [1.54, 1.807) is 6.20 Å². The van der Waals surface area contributed by atoms with Gasteiger partial charge in [-0.2, -0.15) is 10.1 Å². The van der Waals surface area contributed by atoms with Crippen LogP contribution >= 0.6 is 0 Å². The van der Waals surface area contributed by atoms with Crippen molar-refractivity contribution in [1.82, 2.24) is 15.2 Å². The second-order valence-electron chi connectivity index (χ2n) is 6.23. The van der Waals surface area contributed by atoms with Crippen LogP contribution in [0.25, 0.3) is 0 Å². The van der Waals surface area contributed by atoms with E-state index in [0.29, 0.717) is 11.9 Å². The molecular formula is C18H27N5. The molecule has 0 amide bonds. The standard InChI is InChI=1S/C18H27N5/c1-6-7-11-23(5)16-12-19-22-18(20-16)21-17-14(4)9-8-10-15(17)13(2)3/h8-10,12-13H,6-7,11H2,1-5H3,(H,20,21,22). The fraction of sp³-hybridized carbons (Fsp3) is 0.500. The monoisotopic (exact) mass is 313 g/mol. The highest BCUT2D eigenvalue weighted by Gasteiger charge is 2.12. The van der Waals surface area contributed by atoms with Crippen molar-refractivity contribution in [3.05, 3.63) is 35.5 Å². The van der Waals surface area contributed by atoms with Gasteiger partial charge < -0.3 is 10.2 Å². The van der Waals surface area contributed by atoms with Crippen LogP contribution in [0.3, 0.4) is 0 Å². The highest BCUT2D eigenvalue weighted by Crippen LogP contribution is 2.29. The number of para-hydroxylation sites is 1. The minimum atomic E-state index is 0.431. The van der Waals surface area contributed by atoms with Crippen molar-refractivity contribution in [2.24, 2.45) is 0 Å². The van der Waals surface area contributed by atoms with Crippen molar-refractivity contribution in [1.29, 1.82) is 0 Å². The molecule has 0 bridgehead atoms. The van der Waals surface area contributed by atoms with Crippen LogP contribution in [0.1, 0.15) is 50.7 Å². The second-order valence-corrected chi connectivity index (χ2v) is 6.23. The van der Waals surface area contributed by atoms with Crippen molar-refractivity contribution in [2.45, 2.75) is 46.5 Å². The molecule has 1 N–H and O–H groups in total. The predicted molar refractivity (Wildman–Crippen MR) is 96.6 cm³/mol. The summed E-state index contributed by atoms with van der Waals surface area (Å²) in [5, 5.41) is 11.6. The van der Waals surface area contributed by atoms with E-state index in [4.69, 9.17) is 0 Å². The molecule has 0 spiro atoms. The number of rotatable bonds is 7.